The van der Waals surface area contributed by atoms with Gasteiger partial charge in [-0.2, -0.15) is 0 Å². The Kier molecular flexibility index (Phi) is 52.8. The van der Waals surface area contributed by atoms with E-state index < -0.39 is 216 Å². The van der Waals surface area contributed by atoms with Crippen molar-refractivity contribution in [3.05, 3.63) is 36.8 Å². The number of rotatable bonds is 63. The standard InChI is InChI=1S/C93H160N18O20/c1-18-58(12)78(92(129)111-45-29-38-75(111)89(126)103-69(93(130)131)34-24-25-41-94)108-86(123)72(49-64-31-20-19-21-32-64)106-83(120)67(35-26-42-96-57(10)11)101-84(121)70(47-55(6)7)105-82(119)66(33-23-22-30-53(2)3)102-87(124)73(52-112)107-90(127)79(62(16)114)109-85(122)71(48-56(8)9)104-81(118)65(46-54(4)5)50-76(115)61(15)99-88(125)74-37-28-44-110(74)91(128)68(36-27-43-97-63(17)95)100-77(116)51-98-80(117)59(13)39-40-60(14)113/h54-56,58-59,61-62,64-75,78-79,96,112-114H,2,10,14,18-52,94H2,1,3-9,11-13,15-17H3,(H2,95,97)(H,98,117)(H,99,125)(H,100,116)(H,101,121)(H,102,124)(H,103,126)(H,104,118)(H,105,119)(H,106,120)(H,107,127)(H,108,123)(H,109,122)(H,130,131)/t58?,59?,61-,62?,65?,66?,67?,68-,69?,70-,71-,72-,73-,74?,75-,78?,79?/m0/s1. The van der Waals surface area contributed by atoms with Crippen LogP contribution in [0.2, 0.25) is 0 Å². The first-order valence-corrected chi connectivity index (χ1v) is 47.4. The molecular weight excluding hydrogens is 1690 g/mol. The number of carbonyl (C=O) groups excluding carboxylic acids is 15. The van der Waals surface area contributed by atoms with Gasteiger partial charge < -0.3 is 111 Å². The number of likely N-dealkylation sites (tertiary alicyclic amines) is 2. The van der Waals surface area contributed by atoms with Crippen LogP contribution in [0.1, 0.15) is 277 Å². The fourth-order valence-electron chi connectivity index (χ4n) is 16.3. The third-order valence-corrected chi connectivity index (χ3v) is 24.0. The summed E-state index contributed by atoms with van der Waals surface area (Å²) in [7, 11) is 0. The molecule has 742 valence electrons. The minimum absolute atomic E-state index is 0.00191. The van der Waals surface area contributed by atoms with E-state index in [2.05, 4.69) is 93.8 Å². The number of amides is 14. The highest BCUT2D eigenvalue weighted by Gasteiger charge is 2.45. The normalized spacial score (nSPS) is 18.2. The topological polar surface area (TPSA) is 581 Å². The number of nitrogens with one attached hydrogen (secondary N) is 13. The van der Waals surface area contributed by atoms with Gasteiger partial charge in [-0.15, -0.1) is 6.58 Å². The number of carbonyl (C=O) groups is 16. The number of ketones is 1. The number of aliphatic imine (C=N–C) groups is 1. The molecule has 1 saturated carbocycles. The summed E-state index contributed by atoms with van der Waals surface area (Å²) >= 11 is 0. The number of amidine groups is 1. The van der Waals surface area contributed by atoms with Crippen LogP contribution in [-0.4, -0.2) is 261 Å². The van der Waals surface area contributed by atoms with Crippen molar-refractivity contribution in [2.75, 3.05) is 45.9 Å². The zero-order chi connectivity index (χ0) is 98.5. The van der Waals surface area contributed by atoms with Crippen molar-refractivity contribution in [3.63, 3.8) is 0 Å². The molecule has 2 aliphatic heterocycles. The van der Waals surface area contributed by atoms with E-state index in [0.29, 0.717) is 88.8 Å². The van der Waals surface area contributed by atoms with Crippen LogP contribution in [0.3, 0.4) is 0 Å². The Hall–Kier alpha value is -10.1. The van der Waals surface area contributed by atoms with Crippen LogP contribution >= 0.6 is 0 Å². The largest absolute Gasteiger partial charge is 0.513 e. The second-order valence-corrected chi connectivity index (χ2v) is 37.5. The van der Waals surface area contributed by atoms with Gasteiger partial charge in [0.25, 0.3) is 0 Å². The fourth-order valence-corrected chi connectivity index (χ4v) is 16.3. The Balaban J connectivity index is 1.90. The van der Waals surface area contributed by atoms with E-state index in [1.165, 1.54) is 23.6 Å². The maximum Gasteiger partial charge on any atom is 0.326 e. The smallest absolute Gasteiger partial charge is 0.326 e. The average molecular weight is 1850 g/mol. The summed E-state index contributed by atoms with van der Waals surface area (Å²) in [4.78, 5) is 234. The monoisotopic (exact) mass is 1850 g/mol. The van der Waals surface area contributed by atoms with Crippen molar-refractivity contribution in [3.8, 4) is 0 Å². The highest BCUT2D eigenvalue weighted by atomic mass is 16.4. The summed E-state index contributed by atoms with van der Waals surface area (Å²) in [6.07, 6.45) is 7.73. The SMILES string of the molecule is C=C(C)CCCCC(NC(=O)[C@H](CO)NC(=O)C(NC(=O)[C@H](CC(C)C)NC(=O)C(CC(=O)[C@H](C)NC(=O)C1CCCN1C(=O)[C@H](CCCN=C(C)N)NC(=O)CNC(=O)C(C)CCC(=C)O)CC(C)C)C(C)O)C(=O)N[C@@H](CC(C)C)C(=O)NC(CCCNC(=C)C)C(=O)N[C@@H](CC1CCCCC1)C(=O)NC(C(=O)N1CCC[C@H]1C(=O)NC(CCCCN)C(=O)O)C(C)CC. The number of aliphatic hydroxyl groups excluding tert-OH is 3. The number of nitrogens with two attached hydrogens (primary N) is 2. The fraction of sp³-hybridized carbons (Fsp3) is 0.753. The Bertz CT molecular complexity index is 3830. The lowest BCUT2D eigenvalue weighted by atomic mass is 9.84. The van der Waals surface area contributed by atoms with E-state index in [1.807, 2.05) is 27.7 Å². The lowest BCUT2D eigenvalue weighted by Crippen LogP contribution is -2.62. The van der Waals surface area contributed by atoms with Crippen molar-refractivity contribution >= 4 is 100 Å². The Morgan fingerprint density at radius 3 is 1.49 bits per heavy atom. The van der Waals surface area contributed by atoms with Gasteiger partial charge in [-0.25, -0.2) is 4.79 Å². The van der Waals surface area contributed by atoms with Crippen LogP contribution in [0.5, 0.6) is 0 Å². The van der Waals surface area contributed by atoms with Gasteiger partial charge in [0, 0.05) is 56.6 Å². The van der Waals surface area contributed by atoms with E-state index in [1.54, 1.807) is 55.4 Å². The lowest BCUT2D eigenvalue weighted by molar-refractivity contribution is -0.145. The molecule has 38 heteroatoms. The molecule has 38 nitrogen and oxygen atoms in total. The zero-order valence-electron chi connectivity index (χ0n) is 80.3. The molecule has 17 atom stereocenters. The molecular formula is C93H160N18O20. The number of carboxylic acids is 1. The molecule has 3 fully saturated rings. The number of aliphatic hydroxyl groups is 3. The molecule has 14 amide bonds. The van der Waals surface area contributed by atoms with Crippen LogP contribution in [-0.2, 0) is 76.7 Å². The second kappa shape index (κ2) is 60.1. The van der Waals surface area contributed by atoms with Gasteiger partial charge in [0.15, 0.2) is 5.78 Å². The van der Waals surface area contributed by atoms with Crippen LogP contribution in [0.4, 0.5) is 0 Å². The molecule has 0 bridgehead atoms. The van der Waals surface area contributed by atoms with E-state index in [4.69, 9.17) is 11.5 Å². The number of Topliss-reactive ketones (excluding diaryl/α,β-unsaturated/α-hetero) is 1. The maximum atomic E-state index is 15.1. The van der Waals surface area contributed by atoms with Crippen molar-refractivity contribution in [1.29, 1.82) is 0 Å². The second-order valence-electron chi connectivity index (χ2n) is 37.5. The van der Waals surface area contributed by atoms with E-state index in [0.717, 1.165) is 37.7 Å². The molecule has 2 saturated heterocycles. The maximum absolute atomic E-state index is 15.1. The first-order chi connectivity index (χ1) is 61.7. The number of nitrogens with zero attached hydrogens (tertiary/aromatic N) is 3. The molecule has 0 aromatic heterocycles. The van der Waals surface area contributed by atoms with Gasteiger partial charge in [-0.05, 0) is 193 Å². The van der Waals surface area contributed by atoms with Crippen molar-refractivity contribution in [1.82, 2.24) is 78.9 Å². The molecule has 21 N–H and O–H groups in total. The number of aliphatic carboxylic acids is 1. The summed E-state index contributed by atoms with van der Waals surface area (Å²) in [6.45, 7) is 34.7. The summed E-state index contributed by atoms with van der Waals surface area (Å²) in [5, 5.41) is 76.9. The number of allylic oxidation sites excluding steroid dienone is 3. The van der Waals surface area contributed by atoms with Gasteiger partial charge in [0.05, 0.1) is 36.9 Å². The summed E-state index contributed by atoms with van der Waals surface area (Å²) < 4.78 is 0. The number of hydrogen-bond acceptors (Lipinski definition) is 22. The molecule has 3 rings (SSSR count). The highest BCUT2D eigenvalue weighted by Crippen LogP contribution is 2.30. The number of carboxylic acid groups (broad SMARTS) is 1. The van der Waals surface area contributed by atoms with E-state index >= 15 is 9.59 Å². The van der Waals surface area contributed by atoms with Crippen LogP contribution < -0.4 is 80.6 Å². The first-order valence-electron chi connectivity index (χ1n) is 47.4. The molecule has 0 aromatic rings. The van der Waals surface area contributed by atoms with Crippen molar-refractivity contribution in [2.45, 2.75) is 361 Å². The quantitative estimate of drug-likeness (QED) is 0.0136. The number of hydrogen-bond donors (Lipinski definition) is 19. The van der Waals surface area contributed by atoms with E-state index in [9.17, 15) is 87.5 Å². The van der Waals surface area contributed by atoms with Gasteiger partial charge in [0.2, 0.25) is 82.7 Å². The third kappa shape index (κ3) is 42.5. The van der Waals surface area contributed by atoms with Crippen molar-refractivity contribution in [2.24, 2.45) is 57.9 Å². The molecule has 131 heavy (non-hydrogen) atoms. The van der Waals surface area contributed by atoms with Crippen molar-refractivity contribution < 1.29 is 97.1 Å². The lowest BCUT2D eigenvalue weighted by Gasteiger charge is -2.34. The molecule has 0 aromatic carbocycles. The van der Waals surface area contributed by atoms with Gasteiger partial charge in [-0.3, -0.25) is 76.9 Å². The minimum atomic E-state index is -1.85. The third-order valence-electron chi connectivity index (χ3n) is 24.0. The van der Waals surface area contributed by atoms with Gasteiger partial charge in [0.1, 0.15) is 72.5 Å². The minimum Gasteiger partial charge on any atom is -0.513 e. The summed E-state index contributed by atoms with van der Waals surface area (Å²) in [5.41, 5.74) is 12.8. The zero-order valence-corrected chi connectivity index (χ0v) is 80.3. The van der Waals surface area contributed by atoms with Crippen LogP contribution in [0.25, 0.3) is 0 Å². The predicted molar refractivity (Wildman–Crippen MR) is 498 cm³/mol. The molecule has 3 aliphatic rings. The molecule has 0 radical (unpaired) electrons. The predicted octanol–water partition coefficient (Wildman–Crippen LogP) is 3.44. The average Bonchev–Trinajstić information content (AvgIpc) is 1.74. The Morgan fingerprint density at radius 2 is 0.962 bits per heavy atom. The van der Waals surface area contributed by atoms with Crippen LogP contribution in [0, 0.1) is 41.4 Å². The molecule has 1 aliphatic carbocycles. The Labute approximate surface area is 774 Å². The Morgan fingerprint density at radius 1 is 0.473 bits per heavy atom. The highest BCUT2D eigenvalue weighted by molar-refractivity contribution is 6.01. The molecule has 0 spiro atoms. The van der Waals surface area contributed by atoms with E-state index in [-0.39, 0.29) is 126 Å². The van der Waals surface area contributed by atoms with Gasteiger partial charge >= 0.3 is 5.97 Å². The molecule has 2 heterocycles. The van der Waals surface area contributed by atoms with Crippen LogP contribution in [0.15, 0.2) is 41.8 Å². The summed E-state index contributed by atoms with van der Waals surface area (Å²) in [6, 6.07) is -17.3. The van der Waals surface area contributed by atoms with Gasteiger partial charge in [-0.1, -0.05) is 126 Å². The first kappa shape index (κ1) is 115. The number of unbranched alkanes of at least 4 members (excludes halogenated alkanes) is 2. The molecule has 10 unspecified atom stereocenters. The summed E-state index contributed by atoms with van der Waals surface area (Å²) in [5.74, 6) is -15.1.